The first-order valence-corrected chi connectivity index (χ1v) is 4.96. The van der Waals surface area contributed by atoms with Crippen molar-refractivity contribution in [1.82, 2.24) is 20.3 Å². The first-order valence-electron chi connectivity index (χ1n) is 4.96. The van der Waals surface area contributed by atoms with E-state index in [9.17, 15) is 5.11 Å². The topological polar surface area (TPSA) is 63.0 Å². The highest BCUT2D eigenvalue weighted by Crippen LogP contribution is 2.30. The highest BCUT2D eigenvalue weighted by molar-refractivity contribution is 4.94. The van der Waals surface area contributed by atoms with Crippen LogP contribution in [0.2, 0.25) is 0 Å². The van der Waals surface area contributed by atoms with Gasteiger partial charge in [0.2, 0.25) is 0 Å². The van der Waals surface area contributed by atoms with Crippen LogP contribution in [0.5, 0.6) is 0 Å². The van der Waals surface area contributed by atoms with Gasteiger partial charge in [0, 0.05) is 20.1 Å². The summed E-state index contributed by atoms with van der Waals surface area (Å²) < 4.78 is 1.73. The fraction of sp³-hybridized carbons (Fsp3) is 0.778. The minimum absolute atomic E-state index is 0.452. The second-order valence-corrected chi connectivity index (χ2v) is 4.03. The SMILES string of the molecule is Cn1nncc1CNCC1(O)CCC1. The molecule has 5 heteroatoms. The van der Waals surface area contributed by atoms with Crippen LogP contribution in [0.15, 0.2) is 6.20 Å². The van der Waals surface area contributed by atoms with Gasteiger partial charge in [0.15, 0.2) is 0 Å². The number of aromatic nitrogens is 3. The number of hydrogen-bond donors (Lipinski definition) is 2. The van der Waals surface area contributed by atoms with Gasteiger partial charge in [0.25, 0.3) is 0 Å². The zero-order valence-corrected chi connectivity index (χ0v) is 8.40. The molecular formula is C9H16N4O. The summed E-state index contributed by atoms with van der Waals surface area (Å²) in [6.45, 7) is 1.38. The molecule has 2 rings (SSSR count). The van der Waals surface area contributed by atoms with E-state index in [2.05, 4.69) is 15.6 Å². The van der Waals surface area contributed by atoms with Gasteiger partial charge in [-0.05, 0) is 19.3 Å². The molecule has 78 valence electrons. The fourth-order valence-corrected chi connectivity index (χ4v) is 1.66. The Morgan fingerprint density at radius 1 is 1.64 bits per heavy atom. The smallest absolute Gasteiger partial charge is 0.0771 e. The second kappa shape index (κ2) is 3.67. The summed E-state index contributed by atoms with van der Waals surface area (Å²) in [5.41, 5.74) is 0.583. The third kappa shape index (κ3) is 1.93. The van der Waals surface area contributed by atoms with Crippen LogP contribution in [0.1, 0.15) is 25.0 Å². The van der Waals surface area contributed by atoms with Crippen LogP contribution < -0.4 is 5.32 Å². The molecule has 1 heterocycles. The third-order valence-corrected chi connectivity index (χ3v) is 2.85. The molecule has 0 saturated heterocycles. The quantitative estimate of drug-likeness (QED) is 0.701. The molecule has 1 fully saturated rings. The Kier molecular flexibility index (Phi) is 2.52. The normalized spacial score (nSPS) is 19.3. The Morgan fingerprint density at radius 2 is 2.43 bits per heavy atom. The molecular weight excluding hydrogens is 180 g/mol. The standard InChI is InChI=1S/C9H16N4O/c1-13-8(6-11-12-13)5-10-7-9(14)3-2-4-9/h6,10,14H,2-5,7H2,1H3. The Labute approximate surface area is 83.1 Å². The van der Waals surface area contributed by atoms with Crippen LogP contribution in [0.25, 0.3) is 0 Å². The van der Waals surface area contributed by atoms with Crippen LogP contribution in [0.4, 0.5) is 0 Å². The Hall–Kier alpha value is -0.940. The summed E-state index contributed by atoms with van der Waals surface area (Å²) in [5.74, 6) is 0. The van der Waals surface area contributed by atoms with Gasteiger partial charge in [-0.15, -0.1) is 5.10 Å². The molecule has 0 unspecified atom stereocenters. The molecule has 0 spiro atoms. The third-order valence-electron chi connectivity index (χ3n) is 2.85. The van der Waals surface area contributed by atoms with Gasteiger partial charge in [-0.3, -0.25) is 4.68 Å². The average molecular weight is 196 g/mol. The summed E-state index contributed by atoms with van der Waals surface area (Å²) in [6.07, 6.45) is 4.72. The molecule has 0 aromatic carbocycles. The van der Waals surface area contributed by atoms with Gasteiger partial charge < -0.3 is 10.4 Å². The minimum atomic E-state index is -0.452. The van der Waals surface area contributed by atoms with Crippen LogP contribution >= 0.6 is 0 Å². The maximum atomic E-state index is 9.81. The molecule has 1 saturated carbocycles. The van der Waals surface area contributed by atoms with E-state index in [4.69, 9.17) is 0 Å². The molecule has 0 aliphatic heterocycles. The van der Waals surface area contributed by atoms with Crippen LogP contribution in [-0.4, -0.2) is 32.2 Å². The molecule has 0 atom stereocenters. The summed E-state index contributed by atoms with van der Waals surface area (Å²) in [7, 11) is 1.86. The number of hydrogen-bond acceptors (Lipinski definition) is 4. The summed E-state index contributed by atoms with van der Waals surface area (Å²) in [4.78, 5) is 0. The highest BCUT2D eigenvalue weighted by Gasteiger charge is 2.33. The van der Waals surface area contributed by atoms with Gasteiger partial charge in [-0.2, -0.15) is 0 Å². The highest BCUT2D eigenvalue weighted by atomic mass is 16.3. The van der Waals surface area contributed by atoms with Crippen LogP contribution in [0, 0.1) is 0 Å². The predicted molar refractivity (Wildman–Crippen MR) is 51.5 cm³/mol. The van der Waals surface area contributed by atoms with Gasteiger partial charge >= 0.3 is 0 Å². The van der Waals surface area contributed by atoms with E-state index in [0.717, 1.165) is 25.0 Å². The molecule has 1 aliphatic rings. The molecule has 1 aromatic rings. The van der Waals surface area contributed by atoms with Crippen LogP contribution in [-0.2, 0) is 13.6 Å². The van der Waals surface area contributed by atoms with Crippen LogP contribution in [0.3, 0.4) is 0 Å². The van der Waals surface area contributed by atoms with Gasteiger partial charge in [-0.25, -0.2) is 0 Å². The Bertz CT molecular complexity index is 306. The van der Waals surface area contributed by atoms with Crippen molar-refractivity contribution in [2.75, 3.05) is 6.54 Å². The lowest BCUT2D eigenvalue weighted by molar-refractivity contribution is -0.0315. The van der Waals surface area contributed by atoms with E-state index in [1.807, 2.05) is 7.05 Å². The molecule has 0 bridgehead atoms. The second-order valence-electron chi connectivity index (χ2n) is 4.03. The maximum Gasteiger partial charge on any atom is 0.0771 e. The zero-order valence-electron chi connectivity index (χ0n) is 8.40. The lowest BCUT2D eigenvalue weighted by atomic mass is 9.80. The lowest BCUT2D eigenvalue weighted by Crippen LogP contribution is -2.46. The first-order chi connectivity index (χ1) is 6.70. The van der Waals surface area contributed by atoms with E-state index < -0.39 is 5.60 Å². The Morgan fingerprint density at radius 3 is 2.93 bits per heavy atom. The largest absolute Gasteiger partial charge is 0.389 e. The number of nitrogens with zero attached hydrogens (tertiary/aromatic N) is 3. The fourth-order valence-electron chi connectivity index (χ4n) is 1.66. The van der Waals surface area contributed by atoms with Crippen molar-refractivity contribution in [3.63, 3.8) is 0 Å². The van der Waals surface area contributed by atoms with Crippen molar-refractivity contribution in [2.45, 2.75) is 31.4 Å². The molecule has 1 aromatic heterocycles. The number of aryl methyl sites for hydroxylation is 1. The van der Waals surface area contributed by atoms with Crippen molar-refractivity contribution in [3.8, 4) is 0 Å². The van der Waals surface area contributed by atoms with Crippen molar-refractivity contribution >= 4 is 0 Å². The summed E-state index contributed by atoms with van der Waals surface area (Å²) >= 11 is 0. The average Bonchev–Trinajstić information content (AvgIpc) is 2.49. The minimum Gasteiger partial charge on any atom is -0.389 e. The predicted octanol–water partition coefficient (Wildman–Crippen LogP) is -0.180. The monoisotopic (exact) mass is 196 g/mol. The zero-order chi connectivity index (χ0) is 10.0. The molecule has 0 amide bonds. The van der Waals surface area contributed by atoms with E-state index in [1.165, 1.54) is 0 Å². The maximum absolute atomic E-state index is 9.81. The van der Waals surface area contributed by atoms with E-state index in [0.29, 0.717) is 13.1 Å². The molecule has 1 aliphatic carbocycles. The van der Waals surface area contributed by atoms with Gasteiger partial charge in [0.1, 0.15) is 0 Å². The molecule has 2 N–H and O–H groups in total. The summed E-state index contributed by atoms with van der Waals surface area (Å²) in [5, 5.41) is 20.6. The number of nitrogens with one attached hydrogen (secondary N) is 1. The van der Waals surface area contributed by atoms with Crippen molar-refractivity contribution in [1.29, 1.82) is 0 Å². The van der Waals surface area contributed by atoms with Crippen molar-refractivity contribution in [2.24, 2.45) is 7.05 Å². The number of aliphatic hydroxyl groups is 1. The van der Waals surface area contributed by atoms with Crippen molar-refractivity contribution < 1.29 is 5.11 Å². The van der Waals surface area contributed by atoms with E-state index in [-0.39, 0.29) is 0 Å². The van der Waals surface area contributed by atoms with Gasteiger partial charge in [-0.1, -0.05) is 5.21 Å². The summed E-state index contributed by atoms with van der Waals surface area (Å²) in [6, 6.07) is 0. The van der Waals surface area contributed by atoms with E-state index >= 15 is 0 Å². The lowest BCUT2D eigenvalue weighted by Gasteiger charge is -2.36. The van der Waals surface area contributed by atoms with E-state index in [1.54, 1.807) is 10.9 Å². The van der Waals surface area contributed by atoms with Crippen molar-refractivity contribution in [3.05, 3.63) is 11.9 Å². The molecule has 5 nitrogen and oxygen atoms in total. The number of rotatable bonds is 4. The molecule has 14 heavy (non-hydrogen) atoms. The first kappa shape index (κ1) is 9.61. The molecule has 0 radical (unpaired) electrons. The Balaban J connectivity index is 1.75. The van der Waals surface area contributed by atoms with Gasteiger partial charge in [0.05, 0.1) is 17.5 Å².